The van der Waals surface area contributed by atoms with Gasteiger partial charge < -0.3 is 9.72 Å². The number of rotatable bonds is 6. The number of amides is 1. The fraction of sp³-hybridized carbons (Fsp3) is 0.0455. The van der Waals surface area contributed by atoms with Crippen molar-refractivity contribution < 1.29 is 14.5 Å². The number of ether oxygens (including phenoxy) is 1. The molecule has 9 nitrogen and oxygen atoms in total. The number of nitrogens with one attached hydrogen (secondary N) is 2. The van der Waals surface area contributed by atoms with Crippen LogP contribution < -0.4 is 10.2 Å². The van der Waals surface area contributed by atoms with Crippen LogP contribution in [0.1, 0.15) is 15.9 Å². The molecule has 0 aliphatic rings. The summed E-state index contributed by atoms with van der Waals surface area (Å²) in [6.45, 7) is 0. The minimum atomic E-state index is -0.544. The van der Waals surface area contributed by atoms with Crippen molar-refractivity contribution in [3.63, 3.8) is 0 Å². The number of benzene rings is 3. The summed E-state index contributed by atoms with van der Waals surface area (Å²) >= 11 is 0. The Morgan fingerprint density at radius 2 is 1.97 bits per heavy atom. The second-order valence-electron chi connectivity index (χ2n) is 6.57. The fourth-order valence-electron chi connectivity index (χ4n) is 3.04. The summed E-state index contributed by atoms with van der Waals surface area (Å²) in [7, 11) is 1.36. The lowest BCUT2D eigenvalue weighted by Gasteiger charge is -2.02. The molecule has 0 saturated heterocycles. The molecule has 2 N–H and O–H groups in total. The van der Waals surface area contributed by atoms with E-state index < -0.39 is 10.8 Å². The van der Waals surface area contributed by atoms with Gasteiger partial charge in [-0.3, -0.25) is 14.9 Å². The molecule has 0 bridgehead atoms. The molecule has 0 radical (unpaired) electrons. The third-order valence-corrected chi connectivity index (χ3v) is 4.57. The molecule has 4 rings (SSSR count). The van der Waals surface area contributed by atoms with Crippen LogP contribution in [0, 0.1) is 10.1 Å². The Bertz CT molecular complexity index is 1300. The molecule has 9 heteroatoms. The number of hydrogen-bond acceptors (Lipinski definition) is 6. The minimum absolute atomic E-state index is 0.147. The van der Waals surface area contributed by atoms with Crippen molar-refractivity contribution in [1.82, 2.24) is 15.4 Å². The van der Waals surface area contributed by atoms with Gasteiger partial charge >= 0.3 is 5.69 Å². The van der Waals surface area contributed by atoms with Gasteiger partial charge in [0.25, 0.3) is 5.91 Å². The Balaban J connectivity index is 1.50. The molecular weight excluding hydrogens is 398 g/mol. The molecule has 4 aromatic rings. The molecule has 1 heterocycles. The lowest BCUT2D eigenvalue weighted by molar-refractivity contribution is -0.385. The van der Waals surface area contributed by atoms with Crippen LogP contribution in [0.2, 0.25) is 0 Å². The van der Waals surface area contributed by atoms with Gasteiger partial charge in [-0.1, -0.05) is 30.3 Å². The Morgan fingerprint density at radius 1 is 1.16 bits per heavy atom. The summed E-state index contributed by atoms with van der Waals surface area (Å²) in [5.41, 5.74) is 5.50. The minimum Gasteiger partial charge on any atom is -0.490 e. The zero-order valence-corrected chi connectivity index (χ0v) is 16.4. The SMILES string of the molecule is COc1ccc(/C=N/NC(=O)c2ccc3nc(-c4ccccc4)[nH]c3c2)cc1[N+](=O)[O-]. The van der Waals surface area contributed by atoms with Gasteiger partial charge in [-0.15, -0.1) is 0 Å². The van der Waals surface area contributed by atoms with Crippen LogP contribution in [0.4, 0.5) is 5.69 Å². The number of carbonyl (C=O) groups is 1. The fourth-order valence-corrected chi connectivity index (χ4v) is 3.04. The van der Waals surface area contributed by atoms with Crippen LogP contribution in [0.5, 0.6) is 5.75 Å². The van der Waals surface area contributed by atoms with E-state index in [1.165, 1.54) is 25.5 Å². The Hall–Kier alpha value is -4.53. The van der Waals surface area contributed by atoms with E-state index in [0.29, 0.717) is 17.0 Å². The molecular formula is C22H17N5O4. The van der Waals surface area contributed by atoms with Crippen molar-refractivity contribution in [3.05, 3.63) is 88.0 Å². The normalized spacial score (nSPS) is 11.0. The first-order chi connectivity index (χ1) is 15.0. The molecule has 0 fully saturated rings. The first-order valence-electron chi connectivity index (χ1n) is 9.26. The van der Waals surface area contributed by atoms with Crippen molar-refractivity contribution in [3.8, 4) is 17.1 Å². The molecule has 0 aliphatic heterocycles. The molecule has 0 saturated carbocycles. The van der Waals surface area contributed by atoms with Crippen LogP contribution in [0.15, 0.2) is 71.8 Å². The molecule has 0 spiro atoms. The monoisotopic (exact) mass is 415 g/mol. The Labute approximate surface area is 176 Å². The number of hydrazone groups is 1. The molecule has 0 unspecified atom stereocenters. The van der Waals surface area contributed by atoms with Gasteiger partial charge in [0, 0.05) is 22.8 Å². The molecule has 154 valence electrons. The lowest BCUT2D eigenvalue weighted by atomic mass is 10.2. The molecule has 1 amide bonds. The van der Waals surface area contributed by atoms with Gasteiger partial charge in [0.1, 0.15) is 5.82 Å². The maximum atomic E-state index is 12.4. The van der Waals surface area contributed by atoms with Gasteiger partial charge in [-0.25, -0.2) is 10.4 Å². The van der Waals surface area contributed by atoms with Gasteiger partial charge in [-0.2, -0.15) is 5.10 Å². The van der Waals surface area contributed by atoms with Crippen molar-refractivity contribution in [2.75, 3.05) is 7.11 Å². The van der Waals surface area contributed by atoms with Crippen LogP contribution in [-0.2, 0) is 0 Å². The highest BCUT2D eigenvalue weighted by molar-refractivity contribution is 5.98. The van der Waals surface area contributed by atoms with Gasteiger partial charge in [0.2, 0.25) is 0 Å². The molecule has 31 heavy (non-hydrogen) atoms. The number of nitrogens with zero attached hydrogens (tertiary/aromatic N) is 3. The van der Waals surface area contributed by atoms with Crippen molar-refractivity contribution in [2.45, 2.75) is 0 Å². The first-order valence-corrected chi connectivity index (χ1v) is 9.26. The number of H-pyrrole nitrogens is 1. The summed E-state index contributed by atoms with van der Waals surface area (Å²) < 4.78 is 4.96. The van der Waals surface area contributed by atoms with Crippen LogP contribution >= 0.6 is 0 Å². The predicted octanol–water partition coefficient (Wildman–Crippen LogP) is 3.91. The van der Waals surface area contributed by atoms with Crippen LogP contribution in [0.25, 0.3) is 22.4 Å². The van der Waals surface area contributed by atoms with E-state index in [2.05, 4.69) is 20.5 Å². The topological polar surface area (TPSA) is 123 Å². The molecule has 0 atom stereocenters. The molecule has 1 aromatic heterocycles. The lowest BCUT2D eigenvalue weighted by Crippen LogP contribution is -2.17. The smallest absolute Gasteiger partial charge is 0.311 e. The van der Waals surface area contributed by atoms with E-state index in [4.69, 9.17) is 4.74 Å². The third-order valence-electron chi connectivity index (χ3n) is 4.57. The molecule has 3 aromatic carbocycles. The van der Waals surface area contributed by atoms with Crippen LogP contribution in [-0.4, -0.2) is 34.1 Å². The zero-order valence-electron chi connectivity index (χ0n) is 16.4. The highest BCUT2D eigenvalue weighted by Crippen LogP contribution is 2.27. The zero-order chi connectivity index (χ0) is 21.8. The summed E-state index contributed by atoms with van der Waals surface area (Å²) in [4.78, 5) is 30.8. The average Bonchev–Trinajstić information content (AvgIpc) is 3.23. The van der Waals surface area contributed by atoms with E-state index in [0.717, 1.165) is 16.6 Å². The van der Waals surface area contributed by atoms with Crippen molar-refractivity contribution in [1.29, 1.82) is 0 Å². The second kappa shape index (κ2) is 8.46. The highest BCUT2D eigenvalue weighted by atomic mass is 16.6. The number of aromatic nitrogens is 2. The number of nitro groups is 1. The maximum Gasteiger partial charge on any atom is 0.311 e. The van der Waals surface area contributed by atoms with E-state index in [9.17, 15) is 14.9 Å². The Kier molecular flexibility index (Phi) is 5.39. The van der Waals surface area contributed by atoms with E-state index in [1.807, 2.05) is 30.3 Å². The third kappa shape index (κ3) is 4.25. The predicted molar refractivity (Wildman–Crippen MR) is 116 cm³/mol. The standard InChI is InChI=1S/C22H17N5O4/c1-31-20-10-7-14(11-19(20)27(29)30)13-23-26-22(28)16-8-9-17-18(12-16)25-21(24-17)15-5-3-2-4-6-15/h2-13H,1H3,(H,24,25)(H,26,28)/b23-13+. The summed E-state index contributed by atoms with van der Waals surface area (Å²) in [5, 5.41) is 15.0. The maximum absolute atomic E-state index is 12.4. The number of hydrogen-bond donors (Lipinski definition) is 2. The quantitative estimate of drug-likeness (QED) is 0.281. The van der Waals surface area contributed by atoms with Crippen LogP contribution in [0.3, 0.4) is 0 Å². The number of nitro benzene ring substituents is 1. The van der Waals surface area contributed by atoms with Gasteiger partial charge in [0.05, 0.1) is 29.3 Å². The van der Waals surface area contributed by atoms with Gasteiger partial charge in [0.15, 0.2) is 5.75 Å². The van der Waals surface area contributed by atoms with Crippen molar-refractivity contribution >= 4 is 28.8 Å². The number of fused-ring (bicyclic) bond motifs is 1. The summed E-state index contributed by atoms with van der Waals surface area (Å²) in [6, 6.07) is 19.2. The van der Waals surface area contributed by atoms with Gasteiger partial charge in [-0.05, 0) is 30.3 Å². The average molecular weight is 415 g/mol. The first kappa shape index (κ1) is 19.8. The number of methoxy groups -OCH3 is 1. The number of imidazole rings is 1. The Morgan fingerprint density at radius 3 is 2.71 bits per heavy atom. The van der Waals surface area contributed by atoms with E-state index in [-0.39, 0.29) is 11.4 Å². The summed E-state index contributed by atoms with van der Waals surface area (Å²) in [6.07, 6.45) is 1.33. The van der Waals surface area contributed by atoms with Crippen molar-refractivity contribution in [2.24, 2.45) is 5.10 Å². The second-order valence-corrected chi connectivity index (χ2v) is 6.57. The highest BCUT2D eigenvalue weighted by Gasteiger charge is 2.14. The van der Waals surface area contributed by atoms with E-state index in [1.54, 1.807) is 24.3 Å². The largest absolute Gasteiger partial charge is 0.490 e. The molecule has 0 aliphatic carbocycles. The number of aromatic amines is 1. The number of carbonyl (C=O) groups excluding carboxylic acids is 1. The van der Waals surface area contributed by atoms with E-state index >= 15 is 0 Å². The summed E-state index contributed by atoms with van der Waals surface area (Å²) in [5.74, 6) is 0.443.